The predicted octanol–water partition coefficient (Wildman–Crippen LogP) is 5.17. The Morgan fingerprint density at radius 2 is 1.62 bits per heavy atom. The molecule has 2 rings (SSSR count). The summed E-state index contributed by atoms with van der Waals surface area (Å²) in [5, 5.41) is 3.23. The number of hydrogen-bond acceptors (Lipinski definition) is 3. The molecule has 0 unspecified atom stereocenters. The van der Waals surface area contributed by atoms with Crippen molar-refractivity contribution in [1.29, 1.82) is 0 Å². The highest BCUT2D eigenvalue weighted by molar-refractivity contribution is 7.92. The molecule has 0 saturated carbocycles. The number of carbonyl (C=O) groups excluding carboxylic acids is 1. The number of hydrogen-bond donors (Lipinski definition) is 2. The van der Waals surface area contributed by atoms with E-state index < -0.39 is 10.0 Å². The van der Waals surface area contributed by atoms with E-state index in [2.05, 4.69) is 23.9 Å². The van der Waals surface area contributed by atoms with Crippen LogP contribution in [0.3, 0.4) is 0 Å². The zero-order valence-corrected chi connectivity index (χ0v) is 16.8. The Labute approximate surface area is 163 Å². The second-order valence-corrected chi connectivity index (χ2v) is 8.74. The maximum atomic E-state index is 12.4. The van der Waals surface area contributed by atoms with Gasteiger partial charge in [-0.2, -0.15) is 0 Å². The van der Waals surface area contributed by atoms with Gasteiger partial charge in [0.05, 0.1) is 14.9 Å². The smallest absolute Gasteiger partial charge is 0.261 e. The Bertz CT molecular complexity index is 882. The van der Waals surface area contributed by atoms with Crippen LogP contribution in [0.5, 0.6) is 0 Å². The van der Waals surface area contributed by atoms with Gasteiger partial charge in [-0.3, -0.25) is 9.52 Å². The van der Waals surface area contributed by atoms with Gasteiger partial charge in [-0.15, -0.1) is 0 Å². The first-order valence-electron chi connectivity index (χ1n) is 8.05. The molecule has 0 aliphatic heterocycles. The van der Waals surface area contributed by atoms with E-state index in [9.17, 15) is 13.2 Å². The zero-order valence-electron chi connectivity index (χ0n) is 14.4. The quantitative estimate of drug-likeness (QED) is 0.655. The van der Waals surface area contributed by atoms with E-state index in [1.165, 1.54) is 18.2 Å². The minimum atomic E-state index is -3.79. The summed E-state index contributed by atoms with van der Waals surface area (Å²) in [4.78, 5) is 11.8. The van der Waals surface area contributed by atoms with Gasteiger partial charge in [0.2, 0.25) is 5.91 Å². The normalized spacial score (nSPS) is 11.4. The molecule has 0 aromatic heterocycles. The summed E-state index contributed by atoms with van der Waals surface area (Å²) in [5.41, 5.74) is 0.979. The molecule has 0 bridgehead atoms. The van der Waals surface area contributed by atoms with E-state index in [-0.39, 0.29) is 20.8 Å². The van der Waals surface area contributed by atoms with E-state index in [0.29, 0.717) is 23.7 Å². The standard InChI is InChI=1S/C18H20Cl2N2O3S/c1-12(2)3-10-18(23)21-13-4-6-14(7-5-13)22-26(24,25)15-8-9-16(19)17(20)11-15/h4-9,11-12,22H,3,10H2,1-2H3,(H,21,23). The van der Waals surface area contributed by atoms with Crippen molar-refractivity contribution in [2.45, 2.75) is 31.6 Å². The average Bonchev–Trinajstić information content (AvgIpc) is 2.57. The van der Waals surface area contributed by atoms with Crippen LogP contribution in [0.2, 0.25) is 10.0 Å². The van der Waals surface area contributed by atoms with Crippen LogP contribution in [-0.2, 0) is 14.8 Å². The molecule has 0 fully saturated rings. The lowest BCUT2D eigenvalue weighted by Gasteiger charge is -2.10. The molecule has 0 aliphatic rings. The molecule has 2 aromatic rings. The number of sulfonamides is 1. The number of anilines is 2. The Morgan fingerprint density at radius 3 is 2.19 bits per heavy atom. The van der Waals surface area contributed by atoms with Crippen molar-refractivity contribution in [1.82, 2.24) is 0 Å². The van der Waals surface area contributed by atoms with Crippen molar-refractivity contribution in [3.63, 3.8) is 0 Å². The largest absolute Gasteiger partial charge is 0.326 e. The number of halogens is 2. The highest BCUT2D eigenvalue weighted by atomic mass is 35.5. The first-order chi connectivity index (χ1) is 12.2. The van der Waals surface area contributed by atoms with Gasteiger partial charge in [0, 0.05) is 17.8 Å². The molecule has 2 N–H and O–H groups in total. The molecule has 0 radical (unpaired) electrons. The van der Waals surface area contributed by atoms with Crippen molar-refractivity contribution in [2.24, 2.45) is 5.92 Å². The van der Waals surface area contributed by atoms with Crippen LogP contribution in [-0.4, -0.2) is 14.3 Å². The van der Waals surface area contributed by atoms with Crippen molar-refractivity contribution in [3.8, 4) is 0 Å². The molecule has 26 heavy (non-hydrogen) atoms. The summed E-state index contributed by atoms with van der Waals surface area (Å²) in [7, 11) is -3.79. The van der Waals surface area contributed by atoms with E-state index >= 15 is 0 Å². The van der Waals surface area contributed by atoms with Crippen molar-refractivity contribution < 1.29 is 13.2 Å². The van der Waals surface area contributed by atoms with E-state index in [0.717, 1.165) is 6.42 Å². The van der Waals surface area contributed by atoms with Crippen molar-refractivity contribution >= 4 is 50.5 Å². The number of amides is 1. The van der Waals surface area contributed by atoms with Gasteiger partial charge in [0.15, 0.2) is 0 Å². The maximum Gasteiger partial charge on any atom is 0.261 e. The van der Waals surface area contributed by atoms with Gasteiger partial charge >= 0.3 is 0 Å². The molecule has 1 amide bonds. The first kappa shape index (κ1) is 20.6. The maximum absolute atomic E-state index is 12.4. The molecule has 2 aromatic carbocycles. The van der Waals surface area contributed by atoms with Crippen molar-refractivity contribution in [2.75, 3.05) is 10.0 Å². The van der Waals surface area contributed by atoms with Crippen LogP contribution < -0.4 is 10.0 Å². The molecule has 0 atom stereocenters. The molecule has 0 heterocycles. The second-order valence-electron chi connectivity index (χ2n) is 6.24. The number of benzene rings is 2. The van der Waals surface area contributed by atoms with E-state index in [4.69, 9.17) is 23.2 Å². The minimum Gasteiger partial charge on any atom is -0.326 e. The summed E-state index contributed by atoms with van der Waals surface area (Å²) in [5.74, 6) is 0.391. The minimum absolute atomic E-state index is 0.0120. The number of carbonyl (C=O) groups is 1. The fraction of sp³-hybridized carbons (Fsp3) is 0.278. The molecule has 5 nitrogen and oxygen atoms in total. The topological polar surface area (TPSA) is 75.3 Å². The second kappa shape index (κ2) is 8.75. The molecule has 0 spiro atoms. The molecular weight excluding hydrogens is 395 g/mol. The molecular formula is C18H20Cl2N2O3S. The van der Waals surface area contributed by atoms with Crippen LogP contribution in [0.1, 0.15) is 26.7 Å². The molecule has 0 saturated heterocycles. The highest BCUT2D eigenvalue weighted by Crippen LogP contribution is 2.26. The van der Waals surface area contributed by atoms with Gasteiger partial charge in [0.25, 0.3) is 10.0 Å². The van der Waals surface area contributed by atoms with Gasteiger partial charge in [-0.25, -0.2) is 8.42 Å². The van der Waals surface area contributed by atoms with Crippen LogP contribution in [0.15, 0.2) is 47.4 Å². The first-order valence-corrected chi connectivity index (χ1v) is 10.3. The summed E-state index contributed by atoms with van der Waals surface area (Å²) < 4.78 is 27.2. The molecule has 8 heteroatoms. The lowest BCUT2D eigenvalue weighted by atomic mass is 10.1. The van der Waals surface area contributed by atoms with Crippen LogP contribution in [0, 0.1) is 5.92 Å². The lowest BCUT2D eigenvalue weighted by Crippen LogP contribution is -2.14. The van der Waals surface area contributed by atoms with E-state index in [1.807, 2.05) is 0 Å². The van der Waals surface area contributed by atoms with Crippen LogP contribution in [0.25, 0.3) is 0 Å². The average molecular weight is 415 g/mol. The molecule has 0 aliphatic carbocycles. The summed E-state index contributed by atoms with van der Waals surface area (Å²) in [6.07, 6.45) is 1.26. The zero-order chi connectivity index (χ0) is 19.3. The number of nitrogens with one attached hydrogen (secondary N) is 2. The Kier molecular flexibility index (Phi) is 6.92. The monoisotopic (exact) mass is 414 g/mol. The third-order valence-corrected chi connectivity index (χ3v) is 5.69. The van der Waals surface area contributed by atoms with E-state index in [1.54, 1.807) is 24.3 Å². The fourth-order valence-corrected chi connectivity index (χ4v) is 3.57. The van der Waals surface area contributed by atoms with Crippen LogP contribution >= 0.6 is 23.2 Å². The van der Waals surface area contributed by atoms with Crippen LogP contribution in [0.4, 0.5) is 11.4 Å². The highest BCUT2D eigenvalue weighted by Gasteiger charge is 2.15. The third-order valence-electron chi connectivity index (χ3n) is 3.57. The predicted molar refractivity (Wildman–Crippen MR) is 106 cm³/mol. The van der Waals surface area contributed by atoms with Gasteiger partial charge in [-0.05, 0) is 54.8 Å². The third kappa shape index (κ3) is 5.90. The Balaban J connectivity index is 2.04. The Morgan fingerprint density at radius 1 is 1.00 bits per heavy atom. The fourth-order valence-electron chi connectivity index (χ4n) is 2.12. The lowest BCUT2D eigenvalue weighted by molar-refractivity contribution is -0.116. The number of rotatable bonds is 7. The van der Waals surface area contributed by atoms with Gasteiger partial charge in [0.1, 0.15) is 0 Å². The Hall–Kier alpha value is -1.76. The molecule has 140 valence electrons. The van der Waals surface area contributed by atoms with Gasteiger partial charge < -0.3 is 5.32 Å². The summed E-state index contributed by atoms with van der Waals surface area (Å²) in [6, 6.07) is 10.5. The summed E-state index contributed by atoms with van der Waals surface area (Å²) >= 11 is 11.7. The SMILES string of the molecule is CC(C)CCC(=O)Nc1ccc(NS(=O)(=O)c2ccc(Cl)c(Cl)c2)cc1. The summed E-state index contributed by atoms with van der Waals surface area (Å²) in [6.45, 7) is 4.12. The van der Waals surface area contributed by atoms with Crippen molar-refractivity contribution in [3.05, 3.63) is 52.5 Å². The van der Waals surface area contributed by atoms with Gasteiger partial charge in [-0.1, -0.05) is 37.0 Å².